The van der Waals surface area contributed by atoms with Crippen LogP contribution in [-0.4, -0.2) is 25.7 Å². The largest absolute Gasteiger partial charge is 0.319 e. The molecule has 34 heavy (non-hydrogen) atoms. The van der Waals surface area contributed by atoms with Gasteiger partial charge in [0.1, 0.15) is 0 Å². The average molecular weight is 485 g/mol. The van der Waals surface area contributed by atoms with E-state index < -0.39 is 0 Å². The SMILES string of the molecule is CC(Sc1nc2ccccc2n1CCc1ccccc1)C(=O)Nc1nc(-c2ccccc2)cs1. The fraction of sp³-hybridized carbons (Fsp3) is 0.148. The van der Waals surface area contributed by atoms with Crippen molar-refractivity contribution in [3.05, 3.63) is 95.9 Å². The molecule has 5 rings (SSSR count). The Morgan fingerprint density at radius 2 is 1.68 bits per heavy atom. The maximum atomic E-state index is 13.0. The van der Waals surface area contributed by atoms with Gasteiger partial charge in [0, 0.05) is 17.5 Å². The van der Waals surface area contributed by atoms with Gasteiger partial charge < -0.3 is 9.88 Å². The molecule has 170 valence electrons. The molecule has 0 aliphatic rings. The van der Waals surface area contributed by atoms with Gasteiger partial charge >= 0.3 is 0 Å². The Labute approximate surface area is 206 Å². The van der Waals surface area contributed by atoms with Crippen molar-refractivity contribution in [3.63, 3.8) is 0 Å². The van der Waals surface area contributed by atoms with E-state index in [-0.39, 0.29) is 11.2 Å². The fourth-order valence-corrected chi connectivity index (χ4v) is 5.41. The summed E-state index contributed by atoms with van der Waals surface area (Å²) in [5.74, 6) is -0.0828. The van der Waals surface area contributed by atoms with Crippen LogP contribution in [0, 0.1) is 0 Å². The Morgan fingerprint density at radius 1 is 0.971 bits per heavy atom. The van der Waals surface area contributed by atoms with Gasteiger partial charge in [-0.25, -0.2) is 9.97 Å². The molecule has 5 nitrogen and oxygen atoms in total. The Balaban J connectivity index is 1.30. The number of carbonyl (C=O) groups is 1. The average Bonchev–Trinajstić information content (AvgIpc) is 3.48. The van der Waals surface area contributed by atoms with Gasteiger partial charge in [0.15, 0.2) is 10.3 Å². The molecule has 0 aliphatic carbocycles. The number of amides is 1. The minimum atomic E-state index is -0.323. The third-order valence-electron chi connectivity index (χ3n) is 5.54. The van der Waals surface area contributed by atoms with Gasteiger partial charge in [0.05, 0.1) is 22.0 Å². The zero-order valence-electron chi connectivity index (χ0n) is 18.7. The van der Waals surface area contributed by atoms with E-state index in [1.165, 1.54) is 28.7 Å². The highest BCUT2D eigenvalue weighted by atomic mass is 32.2. The number of rotatable bonds is 8. The molecule has 7 heteroatoms. The van der Waals surface area contributed by atoms with E-state index >= 15 is 0 Å². The topological polar surface area (TPSA) is 59.8 Å². The number of fused-ring (bicyclic) bond motifs is 1. The molecule has 0 aliphatic heterocycles. The summed E-state index contributed by atoms with van der Waals surface area (Å²) >= 11 is 2.91. The lowest BCUT2D eigenvalue weighted by atomic mass is 10.1. The van der Waals surface area contributed by atoms with Crippen molar-refractivity contribution < 1.29 is 4.79 Å². The van der Waals surface area contributed by atoms with Crippen LogP contribution in [0.3, 0.4) is 0 Å². The minimum absolute atomic E-state index is 0.0828. The van der Waals surface area contributed by atoms with Crippen LogP contribution in [0.2, 0.25) is 0 Å². The number of nitrogens with one attached hydrogen (secondary N) is 1. The zero-order chi connectivity index (χ0) is 23.3. The summed E-state index contributed by atoms with van der Waals surface area (Å²) in [6.07, 6.45) is 0.900. The maximum Gasteiger partial charge on any atom is 0.239 e. The van der Waals surface area contributed by atoms with Gasteiger partial charge in [-0.2, -0.15) is 0 Å². The van der Waals surface area contributed by atoms with Crippen LogP contribution in [0.1, 0.15) is 12.5 Å². The first-order chi connectivity index (χ1) is 16.7. The maximum absolute atomic E-state index is 13.0. The van der Waals surface area contributed by atoms with Crippen molar-refractivity contribution in [2.24, 2.45) is 0 Å². The van der Waals surface area contributed by atoms with E-state index in [9.17, 15) is 4.79 Å². The number of thiazole rings is 1. The van der Waals surface area contributed by atoms with E-state index in [1.54, 1.807) is 0 Å². The van der Waals surface area contributed by atoms with E-state index in [2.05, 4.69) is 45.2 Å². The molecule has 1 unspecified atom stereocenters. The van der Waals surface area contributed by atoms with Crippen molar-refractivity contribution in [2.75, 3.05) is 5.32 Å². The second-order valence-corrected chi connectivity index (χ2v) is 10.1. The number of hydrogen-bond donors (Lipinski definition) is 1. The summed E-state index contributed by atoms with van der Waals surface area (Å²) < 4.78 is 2.22. The van der Waals surface area contributed by atoms with Crippen molar-refractivity contribution >= 4 is 45.2 Å². The van der Waals surface area contributed by atoms with Crippen molar-refractivity contribution in [2.45, 2.75) is 30.3 Å². The van der Waals surface area contributed by atoms with Crippen LogP contribution in [0.5, 0.6) is 0 Å². The highest BCUT2D eigenvalue weighted by Gasteiger charge is 2.20. The number of benzene rings is 3. The van der Waals surface area contributed by atoms with E-state index in [0.717, 1.165) is 40.4 Å². The number of carbonyl (C=O) groups excluding carboxylic acids is 1. The molecule has 3 aromatic carbocycles. The van der Waals surface area contributed by atoms with E-state index in [1.807, 2.05) is 66.9 Å². The molecular weight excluding hydrogens is 460 g/mol. The van der Waals surface area contributed by atoms with Crippen molar-refractivity contribution in [3.8, 4) is 11.3 Å². The van der Waals surface area contributed by atoms with Gasteiger partial charge in [-0.1, -0.05) is 84.6 Å². The molecule has 0 saturated carbocycles. The van der Waals surface area contributed by atoms with Gasteiger partial charge in [0.2, 0.25) is 5.91 Å². The van der Waals surface area contributed by atoms with Gasteiger partial charge in [-0.05, 0) is 31.0 Å². The number of para-hydroxylation sites is 2. The second kappa shape index (κ2) is 10.2. The summed E-state index contributed by atoms with van der Waals surface area (Å²) in [5.41, 5.74) is 5.21. The molecule has 1 amide bonds. The van der Waals surface area contributed by atoms with Crippen LogP contribution in [0.25, 0.3) is 22.3 Å². The molecule has 0 saturated heterocycles. The lowest BCUT2D eigenvalue weighted by Gasteiger charge is -2.13. The predicted octanol–water partition coefficient (Wildman–Crippen LogP) is 6.52. The third-order valence-corrected chi connectivity index (χ3v) is 7.39. The number of imidazole rings is 1. The number of aryl methyl sites for hydroxylation is 2. The highest BCUT2D eigenvalue weighted by molar-refractivity contribution is 8.00. The Hall–Kier alpha value is -3.42. The Bertz CT molecular complexity index is 1400. The Morgan fingerprint density at radius 3 is 2.47 bits per heavy atom. The number of thioether (sulfide) groups is 1. The molecule has 0 spiro atoms. The van der Waals surface area contributed by atoms with Gasteiger partial charge in [0.25, 0.3) is 0 Å². The summed E-state index contributed by atoms with van der Waals surface area (Å²) in [4.78, 5) is 22.4. The van der Waals surface area contributed by atoms with Crippen LogP contribution < -0.4 is 5.32 Å². The molecule has 0 fully saturated rings. The van der Waals surface area contributed by atoms with Crippen molar-refractivity contribution in [1.29, 1.82) is 0 Å². The number of nitrogens with zero attached hydrogens (tertiary/aromatic N) is 3. The molecular formula is C27H24N4OS2. The molecule has 2 heterocycles. The van der Waals surface area contributed by atoms with E-state index in [0.29, 0.717) is 5.13 Å². The lowest BCUT2D eigenvalue weighted by Crippen LogP contribution is -2.23. The second-order valence-electron chi connectivity index (χ2n) is 7.92. The monoisotopic (exact) mass is 484 g/mol. The summed E-state index contributed by atoms with van der Waals surface area (Å²) in [6, 6.07) is 28.5. The quantitative estimate of drug-likeness (QED) is 0.255. The number of anilines is 1. The van der Waals surface area contributed by atoms with Crippen LogP contribution >= 0.6 is 23.1 Å². The smallest absolute Gasteiger partial charge is 0.239 e. The number of aromatic nitrogens is 3. The highest BCUT2D eigenvalue weighted by Crippen LogP contribution is 2.29. The normalized spacial score (nSPS) is 12.0. The molecule has 2 aromatic heterocycles. The van der Waals surface area contributed by atoms with Gasteiger partial charge in [-0.15, -0.1) is 11.3 Å². The van der Waals surface area contributed by atoms with Crippen LogP contribution in [0.15, 0.2) is 95.5 Å². The first kappa shape index (κ1) is 22.4. The lowest BCUT2D eigenvalue weighted by molar-refractivity contribution is -0.115. The first-order valence-electron chi connectivity index (χ1n) is 11.1. The standard InChI is InChI=1S/C27H24N4OS2/c1-19(25(32)30-26-28-23(18-33-26)21-12-6-3-7-13-21)34-27-29-22-14-8-9-15-24(22)31(27)17-16-20-10-4-2-5-11-20/h2-15,18-19H,16-17H2,1H3,(H,28,30,32). The summed E-state index contributed by atoms with van der Waals surface area (Å²) in [5, 5.41) is 6.07. The van der Waals surface area contributed by atoms with E-state index in [4.69, 9.17) is 4.98 Å². The summed E-state index contributed by atoms with van der Waals surface area (Å²) in [7, 11) is 0. The first-order valence-corrected chi connectivity index (χ1v) is 12.9. The molecule has 0 radical (unpaired) electrons. The van der Waals surface area contributed by atoms with Crippen LogP contribution in [-0.2, 0) is 17.8 Å². The molecule has 1 N–H and O–H groups in total. The van der Waals surface area contributed by atoms with Crippen LogP contribution in [0.4, 0.5) is 5.13 Å². The third kappa shape index (κ3) is 5.05. The zero-order valence-corrected chi connectivity index (χ0v) is 20.4. The number of hydrogen-bond acceptors (Lipinski definition) is 5. The van der Waals surface area contributed by atoms with Gasteiger partial charge in [-0.3, -0.25) is 4.79 Å². The molecule has 1 atom stereocenters. The molecule has 0 bridgehead atoms. The minimum Gasteiger partial charge on any atom is -0.319 e. The fourth-order valence-electron chi connectivity index (χ4n) is 3.74. The Kier molecular flexibility index (Phi) is 6.74. The summed E-state index contributed by atoms with van der Waals surface area (Å²) in [6.45, 7) is 2.71. The predicted molar refractivity (Wildman–Crippen MR) is 141 cm³/mol. The molecule has 5 aromatic rings. The van der Waals surface area contributed by atoms with Crippen molar-refractivity contribution in [1.82, 2.24) is 14.5 Å².